The zero-order valence-electron chi connectivity index (χ0n) is 18.2. The fraction of sp³-hybridized carbons (Fsp3) is 0.154. The first-order chi connectivity index (χ1) is 15.8. The predicted molar refractivity (Wildman–Crippen MR) is 126 cm³/mol. The third-order valence-electron chi connectivity index (χ3n) is 5.53. The quantitative estimate of drug-likeness (QED) is 0.312. The molecule has 0 aliphatic rings. The molecular weight excluding hydrogens is 438 g/mol. The van der Waals surface area contributed by atoms with Crippen molar-refractivity contribution in [2.24, 2.45) is 0 Å². The van der Waals surface area contributed by atoms with Gasteiger partial charge in [0.2, 0.25) is 5.78 Å². The average Bonchev–Trinajstić information content (AvgIpc) is 3.26. The van der Waals surface area contributed by atoms with Gasteiger partial charge in [-0.2, -0.15) is 0 Å². The number of H-pyrrole nitrogens is 1. The van der Waals surface area contributed by atoms with Gasteiger partial charge >= 0.3 is 5.97 Å². The van der Waals surface area contributed by atoms with E-state index in [1.165, 1.54) is 24.3 Å². The number of carbonyl (C=O) groups excluding carboxylic acids is 2. The molecule has 1 aromatic heterocycles. The molecule has 4 aromatic rings. The van der Waals surface area contributed by atoms with Gasteiger partial charge in [0.25, 0.3) is 0 Å². The highest BCUT2D eigenvalue weighted by Gasteiger charge is 2.29. The van der Waals surface area contributed by atoms with E-state index in [-0.39, 0.29) is 16.2 Å². The maximum absolute atomic E-state index is 13.6. The molecule has 1 heterocycles. The van der Waals surface area contributed by atoms with Crippen LogP contribution in [0.25, 0.3) is 10.9 Å². The van der Waals surface area contributed by atoms with Gasteiger partial charge in [0.15, 0.2) is 15.9 Å². The molecular formula is C26H23NO5S. The first kappa shape index (κ1) is 22.5. The van der Waals surface area contributed by atoms with Crippen molar-refractivity contribution in [1.29, 1.82) is 0 Å². The number of ether oxygens (including phenoxy) is 1. The number of hydrogen-bond acceptors (Lipinski definition) is 5. The minimum atomic E-state index is -3.39. The fourth-order valence-corrected chi connectivity index (χ4v) is 4.40. The molecule has 1 atom stereocenters. The van der Waals surface area contributed by atoms with Gasteiger partial charge in [-0.05, 0) is 36.2 Å². The molecule has 3 aromatic carbocycles. The van der Waals surface area contributed by atoms with E-state index < -0.39 is 21.9 Å². The van der Waals surface area contributed by atoms with Gasteiger partial charge < -0.3 is 9.72 Å². The smallest absolute Gasteiger partial charge is 0.339 e. The molecule has 0 spiro atoms. The lowest BCUT2D eigenvalue weighted by atomic mass is 9.98. The summed E-state index contributed by atoms with van der Waals surface area (Å²) in [5.74, 6) is -1.06. The third kappa shape index (κ3) is 4.59. The molecule has 0 saturated carbocycles. The van der Waals surface area contributed by atoms with Crippen molar-refractivity contribution < 1.29 is 22.7 Å². The number of ketones is 1. The summed E-state index contributed by atoms with van der Waals surface area (Å²) in [5.41, 5.74) is 3.12. The molecule has 0 saturated heterocycles. The number of para-hydroxylation sites is 1. The Labute approximate surface area is 192 Å². The number of nitrogens with one attached hydrogen (secondary N) is 1. The largest absolute Gasteiger partial charge is 0.445 e. The van der Waals surface area contributed by atoms with E-state index in [0.717, 1.165) is 29.1 Å². The highest BCUT2D eigenvalue weighted by Crippen LogP contribution is 2.29. The molecule has 0 bridgehead atoms. The third-order valence-corrected chi connectivity index (χ3v) is 6.66. The molecule has 1 N–H and O–H groups in total. The summed E-state index contributed by atoms with van der Waals surface area (Å²) in [6.07, 6.45) is 2.40. The lowest BCUT2D eigenvalue weighted by Gasteiger charge is -2.17. The molecule has 0 amide bonds. The minimum Gasteiger partial charge on any atom is -0.445 e. The highest BCUT2D eigenvalue weighted by molar-refractivity contribution is 7.90. The SMILES string of the molecule is CCc1cccc2c(C(=O)[C@H](OC(=O)c3ccc(S(C)(=O)=O)cc3)c3ccccc3)c[nH]c12. The fourth-order valence-electron chi connectivity index (χ4n) is 3.77. The Bertz CT molecular complexity index is 1420. The summed E-state index contributed by atoms with van der Waals surface area (Å²) in [6, 6.07) is 20.0. The zero-order chi connectivity index (χ0) is 23.6. The van der Waals surface area contributed by atoms with Gasteiger partial charge in [0, 0.05) is 34.5 Å². The topological polar surface area (TPSA) is 93.3 Å². The van der Waals surface area contributed by atoms with Crippen molar-refractivity contribution in [3.8, 4) is 0 Å². The van der Waals surface area contributed by atoms with Gasteiger partial charge in [-0.25, -0.2) is 13.2 Å². The van der Waals surface area contributed by atoms with Crippen LogP contribution in [0, 0.1) is 0 Å². The van der Waals surface area contributed by atoms with Crippen LogP contribution in [0.5, 0.6) is 0 Å². The molecule has 6 nitrogen and oxygen atoms in total. The van der Waals surface area contributed by atoms with E-state index in [1.807, 2.05) is 31.2 Å². The second-order valence-corrected chi connectivity index (χ2v) is 9.77. The Hall–Kier alpha value is -3.71. The van der Waals surface area contributed by atoms with Gasteiger partial charge in [0.05, 0.1) is 10.5 Å². The number of aromatic nitrogens is 1. The Kier molecular flexibility index (Phi) is 6.16. The summed E-state index contributed by atoms with van der Waals surface area (Å²) in [4.78, 5) is 29.8. The van der Waals surface area contributed by atoms with Gasteiger partial charge in [-0.15, -0.1) is 0 Å². The normalized spacial score (nSPS) is 12.4. The Balaban J connectivity index is 1.70. The van der Waals surface area contributed by atoms with E-state index in [0.29, 0.717) is 11.1 Å². The first-order valence-electron chi connectivity index (χ1n) is 10.5. The monoisotopic (exact) mass is 461 g/mol. The molecule has 0 unspecified atom stereocenters. The summed E-state index contributed by atoms with van der Waals surface area (Å²) in [7, 11) is -3.39. The van der Waals surface area contributed by atoms with Crippen molar-refractivity contribution in [2.75, 3.05) is 6.26 Å². The summed E-state index contributed by atoms with van der Waals surface area (Å²) in [6.45, 7) is 2.04. The molecule has 0 fully saturated rings. The van der Waals surface area contributed by atoms with Crippen molar-refractivity contribution in [3.63, 3.8) is 0 Å². The number of sulfone groups is 1. The maximum atomic E-state index is 13.6. The van der Waals surface area contributed by atoms with Crippen LogP contribution in [0.3, 0.4) is 0 Å². The van der Waals surface area contributed by atoms with E-state index in [2.05, 4.69) is 4.98 Å². The van der Waals surface area contributed by atoms with Crippen LogP contribution in [0.4, 0.5) is 0 Å². The van der Waals surface area contributed by atoms with Crippen molar-refractivity contribution in [2.45, 2.75) is 24.3 Å². The Morgan fingerprint density at radius 1 is 0.939 bits per heavy atom. The Morgan fingerprint density at radius 2 is 1.64 bits per heavy atom. The van der Waals surface area contributed by atoms with E-state index >= 15 is 0 Å². The number of fused-ring (bicyclic) bond motifs is 1. The van der Waals surface area contributed by atoms with Crippen LogP contribution in [-0.4, -0.2) is 31.4 Å². The highest BCUT2D eigenvalue weighted by atomic mass is 32.2. The van der Waals surface area contributed by atoms with Crippen LogP contribution < -0.4 is 0 Å². The molecule has 33 heavy (non-hydrogen) atoms. The number of aromatic amines is 1. The van der Waals surface area contributed by atoms with Crippen molar-refractivity contribution >= 4 is 32.5 Å². The number of benzene rings is 3. The Morgan fingerprint density at radius 3 is 2.27 bits per heavy atom. The summed E-state index contributed by atoms with van der Waals surface area (Å²) in [5, 5.41) is 0.772. The maximum Gasteiger partial charge on any atom is 0.339 e. The molecule has 0 aliphatic heterocycles. The summed E-state index contributed by atoms with van der Waals surface area (Å²) < 4.78 is 29.1. The number of esters is 1. The van der Waals surface area contributed by atoms with Crippen molar-refractivity contribution in [1.82, 2.24) is 4.98 Å². The van der Waals surface area contributed by atoms with Gasteiger partial charge in [-0.1, -0.05) is 55.5 Å². The number of Topliss-reactive ketones (excluding diaryl/α,β-unsaturated/α-hetero) is 1. The van der Waals surface area contributed by atoms with Crippen LogP contribution >= 0.6 is 0 Å². The molecule has 0 radical (unpaired) electrons. The van der Waals surface area contributed by atoms with E-state index in [4.69, 9.17) is 4.74 Å². The standard InChI is InChI=1S/C26H23NO5S/c1-3-17-10-7-11-21-22(16-27-23(17)21)24(28)25(18-8-5-4-6-9-18)32-26(29)19-12-14-20(15-13-19)33(2,30)31/h4-16,25,27H,3H2,1-2H3/t25-/m1/s1. The number of hydrogen-bond donors (Lipinski definition) is 1. The van der Waals surface area contributed by atoms with Crippen LogP contribution in [-0.2, 0) is 21.0 Å². The van der Waals surface area contributed by atoms with Crippen LogP contribution in [0.1, 0.15) is 44.9 Å². The van der Waals surface area contributed by atoms with Crippen LogP contribution in [0.15, 0.2) is 83.9 Å². The van der Waals surface area contributed by atoms with Crippen molar-refractivity contribution in [3.05, 3.63) is 101 Å². The van der Waals surface area contributed by atoms with Gasteiger partial charge in [-0.3, -0.25) is 4.79 Å². The molecule has 4 rings (SSSR count). The molecule has 168 valence electrons. The molecule has 0 aliphatic carbocycles. The van der Waals surface area contributed by atoms with Crippen LogP contribution in [0.2, 0.25) is 0 Å². The lowest BCUT2D eigenvalue weighted by molar-refractivity contribution is 0.0280. The average molecular weight is 462 g/mol. The second kappa shape index (κ2) is 9.03. The minimum absolute atomic E-state index is 0.0975. The molecule has 7 heteroatoms. The van der Waals surface area contributed by atoms with E-state index in [9.17, 15) is 18.0 Å². The number of carbonyl (C=O) groups is 2. The number of aryl methyl sites for hydroxylation is 1. The zero-order valence-corrected chi connectivity index (χ0v) is 19.1. The number of rotatable bonds is 7. The lowest BCUT2D eigenvalue weighted by Crippen LogP contribution is -2.20. The van der Waals surface area contributed by atoms with E-state index in [1.54, 1.807) is 30.5 Å². The summed E-state index contributed by atoms with van der Waals surface area (Å²) >= 11 is 0. The predicted octanol–water partition coefficient (Wildman–Crippen LogP) is 4.91. The first-order valence-corrected chi connectivity index (χ1v) is 12.4. The van der Waals surface area contributed by atoms with Gasteiger partial charge in [0.1, 0.15) is 0 Å². The second-order valence-electron chi connectivity index (χ2n) is 7.75.